The molecule has 1 saturated carbocycles. The molecule has 0 radical (unpaired) electrons. The third kappa shape index (κ3) is 4.44. The molecule has 1 aliphatic heterocycles. The number of rotatable bonds is 4. The van der Waals surface area contributed by atoms with Gasteiger partial charge in [-0.25, -0.2) is 4.79 Å². The van der Waals surface area contributed by atoms with Crippen molar-refractivity contribution in [2.75, 3.05) is 31.1 Å². The van der Waals surface area contributed by atoms with Crippen molar-refractivity contribution in [3.05, 3.63) is 38.4 Å². The molecule has 10 nitrogen and oxygen atoms in total. The number of amides is 2. The molecule has 1 aliphatic carbocycles. The second kappa shape index (κ2) is 8.19. The number of carbonyl (C=O) groups is 1. The number of hydrogen-bond acceptors (Lipinski definition) is 6. The number of urea groups is 1. The fourth-order valence-electron chi connectivity index (χ4n) is 3.70. The van der Waals surface area contributed by atoms with Crippen LogP contribution in [0.2, 0.25) is 0 Å². The summed E-state index contributed by atoms with van der Waals surface area (Å²) in [5.41, 5.74) is -0.252. The minimum atomic E-state index is -0.648. The van der Waals surface area contributed by atoms with Crippen LogP contribution in [0.1, 0.15) is 32.1 Å². The molecule has 2 fully saturated rings. The number of nitrogens with zero attached hydrogens (tertiary/aromatic N) is 4. The summed E-state index contributed by atoms with van der Waals surface area (Å²) >= 11 is 0. The number of carbonyl (C=O) groups excluding carboxylic acids is 1. The monoisotopic (exact) mass is 377 g/mol. The predicted octanol–water partition coefficient (Wildman–Crippen LogP) is 2.67. The quantitative estimate of drug-likeness (QED) is 0.636. The topological polar surface area (TPSA) is 122 Å². The average molecular weight is 377 g/mol. The lowest BCUT2D eigenvalue weighted by Crippen LogP contribution is -2.53. The highest BCUT2D eigenvalue weighted by Crippen LogP contribution is 2.32. The lowest BCUT2D eigenvalue weighted by molar-refractivity contribution is -0.393. The summed E-state index contributed by atoms with van der Waals surface area (Å²) in [6.07, 6.45) is 5.53. The molecule has 27 heavy (non-hydrogen) atoms. The van der Waals surface area contributed by atoms with Crippen LogP contribution in [-0.4, -0.2) is 53.0 Å². The molecular formula is C17H23N5O5. The number of nitro benzene ring substituents is 2. The molecule has 1 saturated heterocycles. The average Bonchev–Trinajstić information content (AvgIpc) is 2.68. The van der Waals surface area contributed by atoms with Gasteiger partial charge in [0, 0.05) is 38.3 Å². The van der Waals surface area contributed by atoms with E-state index < -0.39 is 9.85 Å². The molecule has 0 unspecified atom stereocenters. The molecule has 146 valence electrons. The first-order valence-electron chi connectivity index (χ1n) is 9.19. The molecule has 1 aromatic rings. The van der Waals surface area contributed by atoms with Gasteiger partial charge >= 0.3 is 6.03 Å². The van der Waals surface area contributed by atoms with E-state index in [4.69, 9.17) is 0 Å². The summed E-state index contributed by atoms with van der Waals surface area (Å²) in [5.74, 6) is 0. The van der Waals surface area contributed by atoms with Crippen LogP contribution in [0.15, 0.2) is 18.2 Å². The molecule has 3 rings (SSSR count). The van der Waals surface area contributed by atoms with Gasteiger partial charge in [0.1, 0.15) is 5.69 Å². The number of non-ortho nitro benzene ring substituents is 1. The van der Waals surface area contributed by atoms with Gasteiger partial charge in [-0.15, -0.1) is 0 Å². The highest BCUT2D eigenvalue weighted by atomic mass is 16.6. The van der Waals surface area contributed by atoms with Crippen molar-refractivity contribution >= 4 is 23.1 Å². The van der Waals surface area contributed by atoms with Crippen molar-refractivity contribution in [1.82, 2.24) is 10.2 Å². The smallest absolute Gasteiger partial charge is 0.317 e. The SMILES string of the molecule is O=C(NC1CCCCC1)N1CCN(c2ccc([N+](=O)[O-])cc2[N+](=O)[O-])CC1. The Bertz CT molecular complexity index is 726. The van der Waals surface area contributed by atoms with Gasteiger partial charge in [-0.2, -0.15) is 0 Å². The molecule has 1 aromatic carbocycles. The zero-order chi connectivity index (χ0) is 19.4. The highest BCUT2D eigenvalue weighted by molar-refractivity contribution is 5.75. The van der Waals surface area contributed by atoms with Crippen LogP contribution >= 0.6 is 0 Å². The van der Waals surface area contributed by atoms with E-state index in [1.807, 2.05) is 0 Å². The standard InChI is InChI=1S/C17H23N5O5/c23-17(18-13-4-2-1-3-5-13)20-10-8-19(9-11-20)15-7-6-14(21(24)25)12-16(15)22(26)27/h6-7,12-13H,1-5,8-11H2,(H,18,23). The Morgan fingerprint density at radius 1 is 1.00 bits per heavy atom. The van der Waals surface area contributed by atoms with Gasteiger partial charge in [0.2, 0.25) is 0 Å². The lowest BCUT2D eigenvalue weighted by atomic mass is 9.96. The fraction of sp³-hybridized carbons (Fsp3) is 0.588. The maximum atomic E-state index is 12.4. The van der Waals surface area contributed by atoms with Gasteiger partial charge in [0.05, 0.1) is 15.9 Å². The van der Waals surface area contributed by atoms with E-state index >= 15 is 0 Å². The van der Waals surface area contributed by atoms with E-state index in [1.54, 1.807) is 9.80 Å². The number of benzene rings is 1. The molecule has 0 atom stereocenters. The van der Waals surface area contributed by atoms with E-state index in [0.717, 1.165) is 31.7 Å². The van der Waals surface area contributed by atoms with Crippen LogP contribution in [0.4, 0.5) is 21.9 Å². The van der Waals surface area contributed by atoms with Gasteiger partial charge in [-0.1, -0.05) is 19.3 Å². The van der Waals surface area contributed by atoms with Crippen LogP contribution in [0.3, 0.4) is 0 Å². The zero-order valence-electron chi connectivity index (χ0n) is 15.0. The Balaban J connectivity index is 1.62. The van der Waals surface area contributed by atoms with Crippen LogP contribution in [0, 0.1) is 20.2 Å². The van der Waals surface area contributed by atoms with Crippen molar-refractivity contribution in [1.29, 1.82) is 0 Å². The van der Waals surface area contributed by atoms with Gasteiger partial charge in [0.25, 0.3) is 11.4 Å². The molecule has 2 amide bonds. The second-order valence-corrected chi connectivity index (χ2v) is 6.95. The summed E-state index contributed by atoms with van der Waals surface area (Å²) in [5, 5.41) is 25.3. The van der Waals surface area contributed by atoms with E-state index in [0.29, 0.717) is 31.9 Å². The van der Waals surface area contributed by atoms with Crippen molar-refractivity contribution in [3.8, 4) is 0 Å². The third-order valence-electron chi connectivity index (χ3n) is 5.21. The molecule has 0 spiro atoms. The first-order chi connectivity index (χ1) is 13.0. The van der Waals surface area contributed by atoms with Gasteiger partial charge in [-0.3, -0.25) is 20.2 Å². The number of piperazine rings is 1. The van der Waals surface area contributed by atoms with Crippen molar-refractivity contribution in [3.63, 3.8) is 0 Å². The molecular weight excluding hydrogens is 354 g/mol. The van der Waals surface area contributed by atoms with Gasteiger partial charge < -0.3 is 15.1 Å². The third-order valence-corrected chi connectivity index (χ3v) is 5.21. The van der Waals surface area contributed by atoms with Crippen molar-refractivity contribution in [2.24, 2.45) is 0 Å². The zero-order valence-corrected chi connectivity index (χ0v) is 15.0. The summed E-state index contributed by atoms with van der Waals surface area (Å²) in [7, 11) is 0. The van der Waals surface area contributed by atoms with E-state index in [-0.39, 0.29) is 23.4 Å². The summed E-state index contributed by atoms with van der Waals surface area (Å²) in [6.45, 7) is 1.78. The molecule has 0 aromatic heterocycles. The summed E-state index contributed by atoms with van der Waals surface area (Å²) in [4.78, 5) is 36.9. The fourth-order valence-corrected chi connectivity index (χ4v) is 3.70. The first kappa shape index (κ1) is 18.9. The van der Waals surface area contributed by atoms with Gasteiger partial charge in [-0.05, 0) is 18.9 Å². The molecule has 10 heteroatoms. The Morgan fingerprint density at radius 2 is 1.67 bits per heavy atom. The lowest BCUT2D eigenvalue weighted by Gasteiger charge is -2.36. The predicted molar refractivity (Wildman–Crippen MR) is 98.9 cm³/mol. The Hall–Kier alpha value is -2.91. The first-order valence-corrected chi connectivity index (χ1v) is 9.19. The maximum Gasteiger partial charge on any atom is 0.317 e. The van der Waals surface area contributed by atoms with Crippen LogP contribution in [0.5, 0.6) is 0 Å². The second-order valence-electron chi connectivity index (χ2n) is 6.95. The largest absolute Gasteiger partial charge is 0.362 e. The van der Waals surface area contributed by atoms with E-state index in [9.17, 15) is 25.0 Å². The number of nitro groups is 2. The molecule has 1 N–H and O–H groups in total. The van der Waals surface area contributed by atoms with Crippen LogP contribution in [0.25, 0.3) is 0 Å². The minimum absolute atomic E-state index is 0.0836. The number of nitrogens with one attached hydrogen (secondary N) is 1. The Labute approximate surface area is 156 Å². The normalized spacial score (nSPS) is 18.2. The summed E-state index contributed by atoms with van der Waals surface area (Å²) in [6, 6.07) is 3.82. The molecule has 2 aliphatic rings. The Kier molecular flexibility index (Phi) is 5.72. The Morgan fingerprint density at radius 3 is 2.26 bits per heavy atom. The van der Waals surface area contributed by atoms with Crippen LogP contribution < -0.4 is 10.2 Å². The number of anilines is 1. The maximum absolute atomic E-state index is 12.4. The van der Waals surface area contributed by atoms with Crippen molar-refractivity contribution < 1.29 is 14.6 Å². The minimum Gasteiger partial charge on any atom is -0.362 e. The number of hydrogen-bond donors (Lipinski definition) is 1. The van der Waals surface area contributed by atoms with E-state index in [1.165, 1.54) is 18.6 Å². The molecule has 1 heterocycles. The van der Waals surface area contributed by atoms with E-state index in [2.05, 4.69) is 5.32 Å². The highest BCUT2D eigenvalue weighted by Gasteiger charge is 2.28. The molecule has 0 bridgehead atoms. The van der Waals surface area contributed by atoms with Crippen molar-refractivity contribution in [2.45, 2.75) is 38.1 Å². The van der Waals surface area contributed by atoms with Gasteiger partial charge in [0.15, 0.2) is 0 Å². The van der Waals surface area contributed by atoms with Crippen LogP contribution in [-0.2, 0) is 0 Å². The summed E-state index contributed by atoms with van der Waals surface area (Å²) < 4.78 is 0.